The minimum absolute atomic E-state index is 0.158. The third kappa shape index (κ3) is 9.23. The maximum Gasteiger partial charge on any atom is 0.326 e. The molecule has 188 valence electrons. The van der Waals surface area contributed by atoms with Gasteiger partial charge in [-0.15, -0.1) is 0 Å². The van der Waals surface area contributed by atoms with Gasteiger partial charge in [-0.2, -0.15) is 0 Å². The minimum Gasteiger partial charge on any atom is -0.481 e. The van der Waals surface area contributed by atoms with Gasteiger partial charge < -0.3 is 42.0 Å². The Labute approximate surface area is 193 Å². The monoisotopic (exact) mass is 484 g/mol. The Morgan fingerprint density at radius 3 is 1.97 bits per heavy atom. The number of hydrogen-bond donors (Lipinski definition) is 8. The number of carbonyl (C=O) groups excluding carboxylic acids is 3. The Kier molecular flexibility index (Phi) is 10.6. The number of aromatic amines is 1. The van der Waals surface area contributed by atoms with Gasteiger partial charge in [0.25, 0.3) is 0 Å². The van der Waals surface area contributed by atoms with E-state index in [0.717, 1.165) is 0 Å². The summed E-state index contributed by atoms with van der Waals surface area (Å²) in [5.74, 6) is -7.54. The summed E-state index contributed by atoms with van der Waals surface area (Å²) < 4.78 is 0. The fourth-order valence-electron chi connectivity index (χ4n) is 2.81. The van der Waals surface area contributed by atoms with E-state index in [4.69, 9.17) is 15.9 Å². The first kappa shape index (κ1) is 28.0. The van der Waals surface area contributed by atoms with Gasteiger partial charge in [0.05, 0.1) is 25.2 Å². The molecule has 15 heteroatoms. The number of aromatic nitrogens is 2. The van der Waals surface area contributed by atoms with Crippen LogP contribution in [0.1, 0.15) is 32.4 Å². The van der Waals surface area contributed by atoms with E-state index in [1.54, 1.807) is 13.8 Å². The third-order valence-electron chi connectivity index (χ3n) is 4.58. The first-order valence-corrected chi connectivity index (χ1v) is 10.1. The van der Waals surface area contributed by atoms with E-state index in [1.165, 1.54) is 12.5 Å². The number of aliphatic carboxylic acids is 3. The average molecular weight is 484 g/mol. The van der Waals surface area contributed by atoms with E-state index >= 15 is 0 Å². The van der Waals surface area contributed by atoms with Crippen LogP contribution in [0.2, 0.25) is 0 Å². The number of hydrogen-bond acceptors (Lipinski definition) is 8. The molecule has 15 nitrogen and oxygen atoms in total. The zero-order valence-electron chi connectivity index (χ0n) is 18.5. The maximum atomic E-state index is 12.9. The van der Waals surface area contributed by atoms with Crippen molar-refractivity contribution < 1.29 is 44.1 Å². The second-order valence-electron chi connectivity index (χ2n) is 7.77. The summed E-state index contributed by atoms with van der Waals surface area (Å²) in [7, 11) is 0. The Hall–Kier alpha value is -4.01. The van der Waals surface area contributed by atoms with Crippen LogP contribution in [-0.4, -0.2) is 85.1 Å². The van der Waals surface area contributed by atoms with Gasteiger partial charge in [-0.3, -0.25) is 24.0 Å². The third-order valence-corrected chi connectivity index (χ3v) is 4.58. The molecule has 1 aromatic heterocycles. The predicted molar refractivity (Wildman–Crippen MR) is 113 cm³/mol. The van der Waals surface area contributed by atoms with Gasteiger partial charge in [-0.05, 0) is 5.92 Å². The van der Waals surface area contributed by atoms with Gasteiger partial charge in [0.2, 0.25) is 17.7 Å². The first-order chi connectivity index (χ1) is 15.8. The molecule has 9 N–H and O–H groups in total. The Morgan fingerprint density at radius 2 is 1.50 bits per heavy atom. The van der Waals surface area contributed by atoms with E-state index in [9.17, 15) is 33.9 Å². The highest BCUT2D eigenvalue weighted by Crippen LogP contribution is 2.07. The predicted octanol–water partition coefficient (Wildman–Crippen LogP) is -2.58. The van der Waals surface area contributed by atoms with Crippen LogP contribution in [-0.2, 0) is 35.2 Å². The number of nitrogens with one attached hydrogen (secondary N) is 4. The fraction of sp³-hybridized carbons (Fsp3) is 0.526. The van der Waals surface area contributed by atoms with E-state index in [1.807, 2.05) is 0 Å². The largest absolute Gasteiger partial charge is 0.481 e. The molecule has 0 saturated heterocycles. The smallest absolute Gasteiger partial charge is 0.326 e. The Bertz CT molecular complexity index is 902. The zero-order chi connectivity index (χ0) is 26.0. The molecule has 0 saturated carbocycles. The van der Waals surface area contributed by atoms with Gasteiger partial charge >= 0.3 is 17.9 Å². The molecule has 1 rings (SSSR count). The van der Waals surface area contributed by atoms with Crippen LogP contribution >= 0.6 is 0 Å². The number of carboxylic acid groups (broad SMARTS) is 3. The van der Waals surface area contributed by atoms with Crippen molar-refractivity contribution in [3.63, 3.8) is 0 Å². The number of carbonyl (C=O) groups is 6. The lowest BCUT2D eigenvalue weighted by molar-refractivity contribution is -0.147. The SMILES string of the molecule is CC(C)C(NC(=O)C(N)CC(=O)O)C(=O)NC(Cc1cnc[nH]1)C(=O)NC(CC(=O)O)C(=O)O. The molecule has 1 aromatic rings. The van der Waals surface area contributed by atoms with E-state index in [0.29, 0.717) is 5.69 Å². The van der Waals surface area contributed by atoms with E-state index < -0.39 is 78.6 Å². The lowest BCUT2D eigenvalue weighted by Crippen LogP contribution is -2.59. The summed E-state index contributed by atoms with van der Waals surface area (Å²) in [5, 5.41) is 33.7. The fourth-order valence-corrected chi connectivity index (χ4v) is 2.81. The van der Waals surface area contributed by atoms with Crippen LogP contribution in [0.25, 0.3) is 0 Å². The summed E-state index contributed by atoms with van der Waals surface area (Å²) in [5.41, 5.74) is 5.93. The van der Waals surface area contributed by atoms with E-state index in [-0.39, 0.29) is 6.42 Å². The van der Waals surface area contributed by atoms with Crippen molar-refractivity contribution in [2.45, 2.75) is 57.3 Å². The molecule has 0 aliphatic heterocycles. The van der Waals surface area contributed by atoms with Crippen LogP contribution in [0.3, 0.4) is 0 Å². The number of H-pyrrole nitrogens is 1. The summed E-state index contributed by atoms with van der Waals surface area (Å²) in [4.78, 5) is 77.4. The maximum absolute atomic E-state index is 12.9. The molecule has 0 bridgehead atoms. The van der Waals surface area contributed by atoms with Gasteiger partial charge in [0.15, 0.2) is 0 Å². The molecule has 0 aliphatic rings. The first-order valence-electron chi connectivity index (χ1n) is 10.1. The van der Waals surface area contributed by atoms with Gasteiger partial charge in [0.1, 0.15) is 18.1 Å². The van der Waals surface area contributed by atoms with Crippen molar-refractivity contribution in [1.82, 2.24) is 25.9 Å². The number of amides is 3. The topological polar surface area (TPSA) is 254 Å². The molecule has 0 fully saturated rings. The molecule has 0 aliphatic carbocycles. The Morgan fingerprint density at radius 1 is 0.912 bits per heavy atom. The second-order valence-corrected chi connectivity index (χ2v) is 7.77. The molecule has 0 aromatic carbocycles. The standard InChI is InChI=1S/C19H28N6O9/c1-8(2)15(25-16(30)10(20)4-13(26)27)18(32)23-11(3-9-6-21-7-22-9)17(31)24-12(19(33)34)5-14(28)29/h6-8,10-12,15H,3-5,20H2,1-2H3,(H,21,22)(H,23,32)(H,24,31)(H,25,30)(H,26,27)(H,28,29)(H,33,34). The van der Waals surface area contributed by atoms with Crippen molar-refractivity contribution >= 4 is 35.6 Å². The summed E-state index contributed by atoms with van der Waals surface area (Å²) in [6.45, 7) is 3.18. The van der Waals surface area contributed by atoms with Crippen LogP contribution in [0.5, 0.6) is 0 Å². The average Bonchev–Trinajstić information content (AvgIpc) is 3.22. The number of rotatable bonds is 14. The highest BCUT2D eigenvalue weighted by Gasteiger charge is 2.32. The van der Waals surface area contributed by atoms with Crippen LogP contribution in [0.4, 0.5) is 0 Å². The van der Waals surface area contributed by atoms with Crippen molar-refractivity contribution in [2.24, 2.45) is 11.7 Å². The molecular formula is C19H28N6O9. The van der Waals surface area contributed by atoms with Gasteiger partial charge in [0, 0.05) is 18.3 Å². The van der Waals surface area contributed by atoms with Crippen molar-refractivity contribution in [3.8, 4) is 0 Å². The summed E-state index contributed by atoms with van der Waals surface area (Å²) >= 11 is 0. The molecule has 3 amide bonds. The number of nitrogens with two attached hydrogens (primary N) is 1. The van der Waals surface area contributed by atoms with Crippen molar-refractivity contribution in [3.05, 3.63) is 18.2 Å². The van der Waals surface area contributed by atoms with Gasteiger partial charge in [-0.1, -0.05) is 13.8 Å². The number of imidazole rings is 1. The summed E-state index contributed by atoms with van der Waals surface area (Å²) in [6.07, 6.45) is 0.970. The summed E-state index contributed by atoms with van der Waals surface area (Å²) in [6, 6.07) is -5.74. The highest BCUT2D eigenvalue weighted by molar-refractivity contribution is 5.95. The van der Waals surface area contributed by atoms with E-state index in [2.05, 4.69) is 25.9 Å². The quantitative estimate of drug-likeness (QED) is 0.136. The normalized spacial score (nSPS) is 14.4. The van der Waals surface area contributed by atoms with Crippen LogP contribution in [0.15, 0.2) is 12.5 Å². The molecule has 1 heterocycles. The molecule has 34 heavy (non-hydrogen) atoms. The Balaban J connectivity index is 3.04. The molecule has 0 spiro atoms. The van der Waals surface area contributed by atoms with Crippen molar-refractivity contribution in [1.29, 1.82) is 0 Å². The number of nitrogens with zero attached hydrogens (tertiary/aromatic N) is 1. The lowest BCUT2D eigenvalue weighted by Gasteiger charge is -2.26. The number of carboxylic acids is 3. The van der Waals surface area contributed by atoms with Gasteiger partial charge in [-0.25, -0.2) is 9.78 Å². The second kappa shape index (κ2) is 12.9. The molecule has 0 radical (unpaired) electrons. The molecule has 4 atom stereocenters. The molecule has 4 unspecified atom stereocenters. The van der Waals surface area contributed by atoms with Crippen molar-refractivity contribution in [2.75, 3.05) is 0 Å². The minimum atomic E-state index is -1.75. The lowest BCUT2D eigenvalue weighted by atomic mass is 10.0. The molecular weight excluding hydrogens is 456 g/mol. The highest BCUT2D eigenvalue weighted by atomic mass is 16.4. The van der Waals surface area contributed by atoms with Crippen LogP contribution in [0, 0.1) is 5.92 Å². The van der Waals surface area contributed by atoms with Crippen LogP contribution < -0.4 is 21.7 Å². The zero-order valence-corrected chi connectivity index (χ0v) is 18.5.